The minimum atomic E-state index is -0.264. The van der Waals surface area contributed by atoms with Gasteiger partial charge in [-0.05, 0) is 31.7 Å². The van der Waals surface area contributed by atoms with Gasteiger partial charge in [-0.25, -0.2) is 4.79 Å². The average Bonchev–Trinajstić information content (AvgIpc) is 2.62. The van der Waals surface area contributed by atoms with E-state index in [1.165, 1.54) is 0 Å². The highest BCUT2D eigenvalue weighted by molar-refractivity contribution is 5.78. The number of ether oxygens (including phenoxy) is 1. The molecule has 132 valence electrons. The molecule has 6 nitrogen and oxygen atoms in total. The lowest BCUT2D eigenvalue weighted by Gasteiger charge is -2.30. The van der Waals surface area contributed by atoms with Crippen molar-refractivity contribution in [2.45, 2.75) is 32.3 Å². The van der Waals surface area contributed by atoms with E-state index in [0.717, 1.165) is 12.0 Å². The normalized spacial score (nSPS) is 16.6. The minimum absolute atomic E-state index is 0.0507. The van der Waals surface area contributed by atoms with E-state index in [9.17, 15) is 9.59 Å². The van der Waals surface area contributed by atoms with Gasteiger partial charge in [0, 0.05) is 32.2 Å². The maximum absolute atomic E-state index is 12.1. The standard InChI is InChI=1S/C18H27N3O3/c1-14(15-6-3-2-4-7-15)24-13-5-10-20-18(23)21-11-8-16(9-12-21)17(19)22/h2-4,6-7,14,16H,5,8-13H2,1H3,(H2,19,22)(H,20,23)/t14-/m1/s1. The van der Waals surface area contributed by atoms with Gasteiger partial charge in [0.05, 0.1) is 6.10 Å². The second kappa shape index (κ2) is 9.27. The maximum Gasteiger partial charge on any atom is 0.317 e. The van der Waals surface area contributed by atoms with Crippen molar-refractivity contribution in [1.82, 2.24) is 10.2 Å². The van der Waals surface area contributed by atoms with Crippen LogP contribution in [-0.2, 0) is 9.53 Å². The van der Waals surface area contributed by atoms with Gasteiger partial charge in [0.1, 0.15) is 0 Å². The number of hydrogen-bond acceptors (Lipinski definition) is 3. The predicted molar refractivity (Wildman–Crippen MR) is 92.3 cm³/mol. The number of nitrogens with one attached hydrogen (secondary N) is 1. The van der Waals surface area contributed by atoms with Gasteiger partial charge in [0.15, 0.2) is 0 Å². The lowest BCUT2D eigenvalue weighted by atomic mass is 9.96. The van der Waals surface area contributed by atoms with Crippen molar-refractivity contribution in [1.29, 1.82) is 0 Å². The van der Waals surface area contributed by atoms with Crippen molar-refractivity contribution in [3.05, 3.63) is 35.9 Å². The molecular weight excluding hydrogens is 306 g/mol. The van der Waals surface area contributed by atoms with E-state index >= 15 is 0 Å². The molecule has 0 aliphatic carbocycles. The number of nitrogens with zero attached hydrogens (tertiary/aromatic N) is 1. The first-order valence-corrected chi connectivity index (χ1v) is 8.56. The van der Waals surface area contributed by atoms with Crippen LogP contribution in [-0.4, -0.2) is 43.1 Å². The quantitative estimate of drug-likeness (QED) is 0.749. The van der Waals surface area contributed by atoms with Crippen molar-refractivity contribution in [2.24, 2.45) is 11.7 Å². The van der Waals surface area contributed by atoms with Crippen LogP contribution in [0, 0.1) is 5.92 Å². The Balaban J connectivity index is 1.57. The summed E-state index contributed by atoms with van der Waals surface area (Å²) in [6, 6.07) is 9.99. The molecule has 0 bridgehead atoms. The number of amides is 3. The van der Waals surface area contributed by atoms with E-state index in [1.54, 1.807) is 4.90 Å². The Kier molecular flexibility index (Phi) is 7.06. The van der Waals surface area contributed by atoms with Crippen LogP contribution in [0.3, 0.4) is 0 Å². The lowest BCUT2D eigenvalue weighted by molar-refractivity contribution is -0.123. The summed E-state index contributed by atoms with van der Waals surface area (Å²) in [5.74, 6) is -0.360. The molecule has 1 fully saturated rings. The highest BCUT2D eigenvalue weighted by Gasteiger charge is 2.25. The maximum atomic E-state index is 12.1. The van der Waals surface area contributed by atoms with Gasteiger partial charge in [-0.2, -0.15) is 0 Å². The van der Waals surface area contributed by atoms with Gasteiger partial charge >= 0.3 is 6.03 Å². The molecule has 0 aromatic heterocycles. The van der Waals surface area contributed by atoms with Gasteiger partial charge in [-0.1, -0.05) is 30.3 Å². The van der Waals surface area contributed by atoms with Crippen LogP contribution in [0.1, 0.15) is 37.9 Å². The number of rotatable bonds is 7. The van der Waals surface area contributed by atoms with Crippen LogP contribution in [0.4, 0.5) is 4.79 Å². The fraction of sp³-hybridized carbons (Fsp3) is 0.556. The lowest BCUT2D eigenvalue weighted by Crippen LogP contribution is -2.46. The first-order chi connectivity index (χ1) is 11.6. The molecule has 1 aromatic carbocycles. The summed E-state index contributed by atoms with van der Waals surface area (Å²) in [5.41, 5.74) is 6.45. The molecule has 0 spiro atoms. The molecule has 1 aliphatic rings. The van der Waals surface area contributed by atoms with E-state index in [1.807, 2.05) is 37.3 Å². The Morgan fingerprint density at radius 3 is 2.58 bits per heavy atom. The molecule has 1 aliphatic heterocycles. The van der Waals surface area contributed by atoms with Gasteiger partial charge in [0.25, 0.3) is 0 Å². The summed E-state index contributed by atoms with van der Waals surface area (Å²) < 4.78 is 5.78. The first kappa shape index (κ1) is 18.3. The Hall–Kier alpha value is -2.08. The van der Waals surface area contributed by atoms with E-state index in [0.29, 0.717) is 39.1 Å². The number of likely N-dealkylation sites (tertiary alicyclic amines) is 1. The molecule has 1 atom stereocenters. The molecule has 24 heavy (non-hydrogen) atoms. The fourth-order valence-corrected chi connectivity index (χ4v) is 2.83. The zero-order chi connectivity index (χ0) is 17.4. The highest BCUT2D eigenvalue weighted by atomic mass is 16.5. The summed E-state index contributed by atoms with van der Waals surface area (Å²) in [4.78, 5) is 24.9. The Bertz CT molecular complexity index is 528. The van der Waals surface area contributed by atoms with Crippen molar-refractivity contribution >= 4 is 11.9 Å². The van der Waals surface area contributed by atoms with Crippen LogP contribution in [0.25, 0.3) is 0 Å². The van der Waals surface area contributed by atoms with Gasteiger partial charge < -0.3 is 20.7 Å². The highest BCUT2D eigenvalue weighted by Crippen LogP contribution is 2.17. The fourth-order valence-electron chi connectivity index (χ4n) is 2.83. The third-order valence-corrected chi connectivity index (χ3v) is 4.42. The van der Waals surface area contributed by atoms with Crippen molar-refractivity contribution in [3.8, 4) is 0 Å². The van der Waals surface area contributed by atoms with E-state index in [-0.39, 0.29) is 24.0 Å². The average molecular weight is 333 g/mol. The SMILES string of the molecule is C[C@@H](OCCCNC(=O)N1CCC(C(N)=O)CC1)c1ccccc1. The zero-order valence-corrected chi connectivity index (χ0v) is 14.2. The van der Waals surface area contributed by atoms with Crippen LogP contribution < -0.4 is 11.1 Å². The second-order valence-electron chi connectivity index (χ2n) is 6.17. The number of urea groups is 1. The topological polar surface area (TPSA) is 84.7 Å². The number of benzene rings is 1. The number of nitrogens with two attached hydrogens (primary N) is 1. The molecule has 1 heterocycles. The zero-order valence-electron chi connectivity index (χ0n) is 14.2. The summed E-state index contributed by atoms with van der Waals surface area (Å²) in [5, 5.41) is 2.90. The number of primary amides is 1. The molecule has 0 saturated carbocycles. The molecule has 3 N–H and O–H groups in total. The monoisotopic (exact) mass is 333 g/mol. The Labute approximate surface area is 143 Å². The van der Waals surface area contributed by atoms with Crippen molar-refractivity contribution < 1.29 is 14.3 Å². The number of carbonyl (C=O) groups is 2. The smallest absolute Gasteiger partial charge is 0.317 e. The molecule has 2 rings (SSSR count). The molecule has 1 saturated heterocycles. The Morgan fingerprint density at radius 2 is 1.96 bits per heavy atom. The summed E-state index contributed by atoms with van der Waals surface area (Å²) in [7, 11) is 0. The minimum Gasteiger partial charge on any atom is -0.374 e. The van der Waals surface area contributed by atoms with E-state index in [4.69, 9.17) is 10.5 Å². The summed E-state index contributed by atoms with van der Waals surface area (Å²) >= 11 is 0. The van der Waals surface area contributed by atoms with Crippen molar-refractivity contribution in [3.63, 3.8) is 0 Å². The van der Waals surface area contributed by atoms with Crippen LogP contribution in [0.2, 0.25) is 0 Å². The van der Waals surface area contributed by atoms with Crippen LogP contribution >= 0.6 is 0 Å². The summed E-state index contributed by atoms with van der Waals surface area (Å²) in [6.07, 6.45) is 2.12. The molecule has 1 aromatic rings. The van der Waals surface area contributed by atoms with Gasteiger partial charge in [-0.3, -0.25) is 4.79 Å². The third kappa shape index (κ3) is 5.53. The molecule has 6 heteroatoms. The largest absolute Gasteiger partial charge is 0.374 e. The molecule has 0 radical (unpaired) electrons. The Morgan fingerprint density at radius 1 is 1.29 bits per heavy atom. The van der Waals surface area contributed by atoms with Gasteiger partial charge in [-0.15, -0.1) is 0 Å². The number of hydrogen-bond donors (Lipinski definition) is 2. The van der Waals surface area contributed by atoms with Crippen molar-refractivity contribution in [2.75, 3.05) is 26.2 Å². The predicted octanol–water partition coefficient (Wildman–Crippen LogP) is 2.06. The van der Waals surface area contributed by atoms with Crippen LogP contribution in [0.15, 0.2) is 30.3 Å². The third-order valence-electron chi connectivity index (χ3n) is 4.42. The number of piperidine rings is 1. The molecule has 3 amide bonds. The summed E-state index contributed by atoms with van der Waals surface area (Å²) in [6.45, 7) is 4.37. The number of carbonyl (C=O) groups excluding carboxylic acids is 2. The molecular formula is C18H27N3O3. The molecule has 0 unspecified atom stereocenters. The van der Waals surface area contributed by atoms with E-state index < -0.39 is 0 Å². The van der Waals surface area contributed by atoms with Gasteiger partial charge in [0.2, 0.25) is 5.91 Å². The second-order valence-corrected chi connectivity index (χ2v) is 6.17. The van der Waals surface area contributed by atoms with E-state index in [2.05, 4.69) is 5.32 Å². The first-order valence-electron chi connectivity index (χ1n) is 8.56. The van der Waals surface area contributed by atoms with Crippen LogP contribution in [0.5, 0.6) is 0 Å².